The predicted octanol–water partition coefficient (Wildman–Crippen LogP) is 3.33. The zero-order chi connectivity index (χ0) is 27.4. The number of nitrogens with zero attached hydrogens (tertiary/aromatic N) is 5. The van der Waals surface area contributed by atoms with Crippen LogP contribution in [-0.2, 0) is 4.79 Å². The fourth-order valence-corrected chi connectivity index (χ4v) is 4.73. The van der Waals surface area contributed by atoms with Crippen LogP contribution in [0, 0.1) is 5.92 Å². The average Bonchev–Trinajstić information content (AvgIpc) is 3.44. The maximum atomic E-state index is 13.3. The number of rotatable bonds is 8. The summed E-state index contributed by atoms with van der Waals surface area (Å²) in [4.78, 5) is 32.1. The van der Waals surface area contributed by atoms with E-state index in [1.165, 1.54) is 0 Å². The summed E-state index contributed by atoms with van der Waals surface area (Å²) in [6, 6.07) is 16.7. The first-order valence-electron chi connectivity index (χ1n) is 13.1. The second kappa shape index (κ2) is 11.6. The zero-order valence-corrected chi connectivity index (χ0v) is 22.5. The van der Waals surface area contributed by atoms with Crippen LogP contribution < -0.4 is 19.1 Å². The molecule has 0 unspecified atom stereocenters. The summed E-state index contributed by atoms with van der Waals surface area (Å²) in [6.45, 7) is 7.10. The van der Waals surface area contributed by atoms with E-state index < -0.39 is 0 Å². The first-order valence-corrected chi connectivity index (χ1v) is 13.1. The molecule has 0 N–H and O–H groups in total. The van der Waals surface area contributed by atoms with Gasteiger partial charge in [0.1, 0.15) is 12.3 Å². The van der Waals surface area contributed by atoms with Crippen molar-refractivity contribution in [1.82, 2.24) is 20.0 Å². The van der Waals surface area contributed by atoms with Gasteiger partial charge in [-0.25, -0.2) is 0 Å². The van der Waals surface area contributed by atoms with Gasteiger partial charge in [-0.05, 0) is 60.5 Å². The number of ether oxygens (including phenoxy) is 3. The van der Waals surface area contributed by atoms with Crippen LogP contribution in [0.5, 0.6) is 17.2 Å². The van der Waals surface area contributed by atoms with Crippen molar-refractivity contribution >= 4 is 17.6 Å². The highest BCUT2D eigenvalue weighted by Gasteiger charge is 2.27. The van der Waals surface area contributed by atoms with Gasteiger partial charge < -0.3 is 28.9 Å². The number of hydrogen-bond donors (Lipinski definition) is 0. The normalized spacial score (nSPS) is 14.5. The number of anilines is 1. The molecule has 2 aromatic carbocycles. The number of hydrogen-bond acceptors (Lipinski definition) is 8. The van der Waals surface area contributed by atoms with Crippen molar-refractivity contribution in [2.45, 2.75) is 13.8 Å². The fraction of sp³-hybridized carbons (Fsp3) is 0.379. The molecule has 0 aliphatic carbocycles. The number of aromatic nitrogens is 2. The molecule has 3 heterocycles. The lowest BCUT2D eigenvalue weighted by Crippen LogP contribution is -2.52. The van der Waals surface area contributed by atoms with Gasteiger partial charge in [0.25, 0.3) is 5.91 Å². The summed E-state index contributed by atoms with van der Waals surface area (Å²) in [5.41, 5.74) is 2.23. The van der Waals surface area contributed by atoms with Gasteiger partial charge >= 0.3 is 0 Å². The van der Waals surface area contributed by atoms with E-state index in [0.29, 0.717) is 49.8 Å². The van der Waals surface area contributed by atoms with Crippen LogP contribution in [0.2, 0.25) is 0 Å². The molecule has 2 amide bonds. The topological polar surface area (TPSA) is 97.3 Å². The van der Waals surface area contributed by atoms with Crippen LogP contribution in [0.1, 0.15) is 24.2 Å². The number of amides is 2. The number of methoxy groups -OCH3 is 1. The van der Waals surface area contributed by atoms with Gasteiger partial charge in [0.05, 0.1) is 12.8 Å². The lowest BCUT2D eigenvalue weighted by molar-refractivity contribution is -0.132. The molecule has 204 valence electrons. The molecular formula is C29H33N5O5. The number of fused-ring (bicyclic) bond motifs is 1. The molecule has 0 saturated carbocycles. The van der Waals surface area contributed by atoms with E-state index in [-0.39, 0.29) is 31.1 Å². The van der Waals surface area contributed by atoms with Crippen molar-refractivity contribution in [2.24, 2.45) is 5.92 Å². The summed E-state index contributed by atoms with van der Waals surface area (Å²) < 4.78 is 16.0. The Morgan fingerprint density at radius 1 is 0.949 bits per heavy atom. The molecule has 2 aliphatic rings. The number of piperazine rings is 1. The quantitative estimate of drug-likeness (QED) is 0.437. The van der Waals surface area contributed by atoms with Crippen molar-refractivity contribution < 1.29 is 23.8 Å². The molecule has 3 aromatic rings. The third kappa shape index (κ3) is 6.05. The maximum Gasteiger partial charge on any atom is 0.254 e. The van der Waals surface area contributed by atoms with Gasteiger partial charge in [0.15, 0.2) is 17.3 Å². The number of carbonyl (C=O) groups is 2. The Balaban J connectivity index is 1.18. The first-order chi connectivity index (χ1) is 18.9. The van der Waals surface area contributed by atoms with Crippen molar-refractivity contribution in [3.63, 3.8) is 0 Å². The monoisotopic (exact) mass is 531 g/mol. The molecule has 1 aromatic heterocycles. The first kappa shape index (κ1) is 26.3. The van der Waals surface area contributed by atoms with Gasteiger partial charge in [0, 0.05) is 43.9 Å². The molecule has 39 heavy (non-hydrogen) atoms. The highest BCUT2D eigenvalue weighted by atomic mass is 16.7. The molecule has 2 aliphatic heterocycles. The number of benzene rings is 2. The lowest BCUT2D eigenvalue weighted by Gasteiger charge is -2.36. The van der Waals surface area contributed by atoms with Gasteiger partial charge in [-0.2, -0.15) is 0 Å². The van der Waals surface area contributed by atoms with E-state index in [1.807, 2.05) is 55.1 Å². The van der Waals surface area contributed by atoms with Gasteiger partial charge in [0.2, 0.25) is 12.7 Å². The molecule has 1 fully saturated rings. The molecule has 0 bridgehead atoms. The lowest BCUT2D eigenvalue weighted by atomic mass is 10.1. The Morgan fingerprint density at radius 2 is 1.69 bits per heavy atom. The van der Waals surface area contributed by atoms with E-state index in [1.54, 1.807) is 30.2 Å². The SMILES string of the molecule is COc1ccc(-c2ccc(N3CCN(C(=O)CN(CC(C)C)C(=O)c4ccc5c(c4)OCO5)CC3)nn2)cc1. The van der Waals surface area contributed by atoms with Crippen molar-refractivity contribution in [2.75, 3.05) is 58.1 Å². The largest absolute Gasteiger partial charge is 0.497 e. The zero-order valence-electron chi connectivity index (χ0n) is 22.5. The van der Waals surface area contributed by atoms with Crippen molar-refractivity contribution in [1.29, 1.82) is 0 Å². The van der Waals surface area contributed by atoms with Gasteiger partial charge in [-0.1, -0.05) is 13.8 Å². The minimum absolute atomic E-state index is 0.0296. The Bertz CT molecular complexity index is 1300. The molecule has 1 saturated heterocycles. The minimum atomic E-state index is -0.193. The van der Waals surface area contributed by atoms with Crippen LogP contribution in [0.25, 0.3) is 11.3 Å². The fourth-order valence-electron chi connectivity index (χ4n) is 4.73. The minimum Gasteiger partial charge on any atom is -0.497 e. The van der Waals surface area contributed by atoms with Gasteiger partial charge in [-0.15, -0.1) is 10.2 Å². The Morgan fingerprint density at radius 3 is 2.36 bits per heavy atom. The van der Waals surface area contributed by atoms with E-state index in [4.69, 9.17) is 14.2 Å². The summed E-state index contributed by atoms with van der Waals surface area (Å²) in [7, 11) is 1.64. The molecule has 0 spiro atoms. The average molecular weight is 532 g/mol. The molecule has 0 radical (unpaired) electrons. The number of carbonyl (C=O) groups excluding carboxylic acids is 2. The second-order valence-electron chi connectivity index (χ2n) is 10.0. The highest BCUT2D eigenvalue weighted by Crippen LogP contribution is 2.33. The molecule has 10 nitrogen and oxygen atoms in total. The van der Waals surface area contributed by atoms with Crippen molar-refractivity contribution in [3.05, 3.63) is 60.2 Å². The second-order valence-corrected chi connectivity index (χ2v) is 10.0. The van der Waals surface area contributed by atoms with E-state index in [2.05, 4.69) is 15.1 Å². The Labute approximate surface area is 228 Å². The molecular weight excluding hydrogens is 498 g/mol. The van der Waals surface area contributed by atoms with Crippen LogP contribution in [0.4, 0.5) is 5.82 Å². The molecule has 10 heteroatoms. The van der Waals surface area contributed by atoms with Crippen LogP contribution >= 0.6 is 0 Å². The Hall–Kier alpha value is -4.34. The molecule has 0 atom stereocenters. The van der Waals surface area contributed by atoms with Crippen LogP contribution in [0.3, 0.4) is 0 Å². The smallest absolute Gasteiger partial charge is 0.254 e. The molecule has 5 rings (SSSR count). The predicted molar refractivity (Wildman–Crippen MR) is 146 cm³/mol. The maximum absolute atomic E-state index is 13.3. The third-order valence-electron chi connectivity index (χ3n) is 6.81. The summed E-state index contributed by atoms with van der Waals surface area (Å²) in [5.74, 6) is 2.70. The highest BCUT2D eigenvalue weighted by molar-refractivity contribution is 5.97. The summed E-state index contributed by atoms with van der Waals surface area (Å²) in [5, 5.41) is 8.82. The summed E-state index contributed by atoms with van der Waals surface area (Å²) >= 11 is 0. The summed E-state index contributed by atoms with van der Waals surface area (Å²) in [6.07, 6.45) is 0. The van der Waals surface area contributed by atoms with E-state index in [0.717, 1.165) is 22.8 Å². The third-order valence-corrected chi connectivity index (χ3v) is 6.81. The van der Waals surface area contributed by atoms with Crippen molar-refractivity contribution in [3.8, 4) is 28.5 Å². The van der Waals surface area contributed by atoms with Crippen LogP contribution in [0.15, 0.2) is 54.6 Å². The standard InChI is InChI=1S/C29H33N5O5/c1-20(2)17-34(29(36)22-6-10-25-26(16-22)39-19-38-25)18-28(35)33-14-12-32(13-15-33)27-11-9-24(30-31-27)21-4-7-23(37-3)8-5-21/h4-11,16,20H,12-15,17-19H2,1-3H3. The van der Waals surface area contributed by atoms with E-state index >= 15 is 0 Å². The Kier molecular flexibility index (Phi) is 7.81. The van der Waals surface area contributed by atoms with Gasteiger partial charge in [-0.3, -0.25) is 9.59 Å². The van der Waals surface area contributed by atoms with Crippen LogP contribution in [-0.4, -0.2) is 85.0 Å². The van der Waals surface area contributed by atoms with E-state index in [9.17, 15) is 9.59 Å².